The highest BCUT2D eigenvalue weighted by Gasteiger charge is 2.46. The second-order valence-electron chi connectivity index (χ2n) is 5.87. The molecule has 2 amide bonds. The zero-order valence-electron chi connectivity index (χ0n) is 11.5. The summed E-state index contributed by atoms with van der Waals surface area (Å²) < 4.78 is 0. The maximum Gasteiger partial charge on any atom is 0.222 e. The Bertz CT molecular complexity index is 357. The minimum Gasteiger partial charge on any atom is -0.353 e. The Morgan fingerprint density at radius 2 is 2.05 bits per heavy atom. The topological polar surface area (TPSA) is 58.2 Å². The number of hydrogen-bond acceptors (Lipinski definition) is 2. The van der Waals surface area contributed by atoms with Gasteiger partial charge in [-0.15, -0.1) is 6.58 Å². The fraction of sp³-hybridized carbons (Fsp3) is 0.733. The Morgan fingerprint density at radius 1 is 1.37 bits per heavy atom. The number of carbonyl (C=O) groups excluding carboxylic acids is 2. The van der Waals surface area contributed by atoms with Gasteiger partial charge in [0.15, 0.2) is 0 Å². The van der Waals surface area contributed by atoms with Crippen LogP contribution in [0.4, 0.5) is 0 Å². The van der Waals surface area contributed by atoms with Crippen LogP contribution in [0, 0.1) is 5.41 Å². The molecule has 2 fully saturated rings. The van der Waals surface area contributed by atoms with E-state index in [9.17, 15) is 9.59 Å². The van der Waals surface area contributed by atoms with Crippen molar-refractivity contribution in [3.8, 4) is 0 Å². The largest absolute Gasteiger partial charge is 0.353 e. The quantitative estimate of drug-likeness (QED) is 0.762. The van der Waals surface area contributed by atoms with Crippen molar-refractivity contribution in [3.63, 3.8) is 0 Å². The minimum atomic E-state index is 0.00993. The van der Waals surface area contributed by atoms with Crippen molar-refractivity contribution in [2.24, 2.45) is 5.41 Å². The van der Waals surface area contributed by atoms with Crippen molar-refractivity contribution in [1.29, 1.82) is 0 Å². The first-order valence-corrected chi connectivity index (χ1v) is 7.33. The first-order valence-electron chi connectivity index (χ1n) is 7.33. The fourth-order valence-corrected chi connectivity index (χ4v) is 3.51. The second-order valence-corrected chi connectivity index (χ2v) is 5.87. The molecule has 1 aliphatic heterocycles. The molecular formula is C15H24N2O2. The number of nitrogens with one attached hydrogen (secondary N) is 2. The molecule has 2 N–H and O–H groups in total. The van der Waals surface area contributed by atoms with E-state index in [0.717, 1.165) is 12.8 Å². The van der Waals surface area contributed by atoms with E-state index in [4.69, 9.17) is 0 Å². The third-order valence-corrected chi connectivity index (χ3v) is 4.52. The molecule has 4 heteroatoms. The summed E-state index contributed by atoms with van der Waals surface area (Å²) in [4.78, 5) is 23.6. The average Bonchev–Trinajstić information content (AvgIpc) is 2.55. The lowest BCUT2D eigenvalue weighted by molar-refractivity contribution is -0.122. The van der Waals surface area contributed by atoms with Gasteiger partial charge in [0.1, 0.15) is 0 Å². The van der Waals surface area contributed by atoms with Gasteiger partial charge in [0.2, 0.25) is 11.8 Å². The molecule has 2 aliphatic rings. The fourth-order valence-electron chi connectivity index (χ4n) is 3.51. The number of rotatable bonds is 4. The summed E-state index contributed by atoms with van der Waals surface area (Å²) in [7, 11) is 0. The van der Waals surface area contributed by atoms with Gasteiger partial charge < -0.3 is 10.6 Å². The highest BCUT2D eigenvalue weighted by Crippen LogP contribution is 2.45. The lowest BCUT2D eigenvalue weighted by Gasteiger charge is -2.32. The van der Waals surface area contributed by atoms with Gasteiger partial charge in [0.25, 0.3) is 0 Å². The van der Waals surface area contributed by atoms with Gasteiger partial charge in [-0.05, 0) is 18.3 Å². The molecule has 0 aromatic carbocycles. The van der Waals surface area contributed by atoms with E-state index in [2.05, 4.69) is 17.2 Å². The summed E-state index contributed by atoms with van der Waals surface area (Å²) in [6, 6.07) is 0.0166. The van der Waals surface area contributed by atoms with E-state index in [0.29, 0.717) is 19.4 Å². The van der Waals surface area contributed by atoms with Crippen molar-refractivity contribution >= 4 is 11.8 Å². The van der Waals surface area contributed by atoms with E-state index in [1.807, 2.05) is 0 Å². The summed E-state index contributed by atoms with van der Waals surface area (Å²) in [5.41, 5.74) is 0.0269. The molecule has 106 valence electrons. The van der Waals surface area contributed by atoms with E-state index in [1.54, 1.807) is 6.08 Å². The van der Waals surface area contributed by atoms with Gasteiger partial charge >= 0.3 is 0 Å². The van der Waals surface area contributed by atoms with Crippen LogP contribution in [0.1, 0.15) is 51.4 Å². The zero-order valence-corrected chi connectivity index (χ0v) is 11.5. The van der Waals surface area contributed by atoms with Crippen molar-refractivity contribution in [2.75, 3.05) is 6.54 Å². The number of hydrogen-bond donors (Lipinski definition) is 2. The average molecular weight is 264 g/mol. The smallest absolute Gasteiger partial charge is 0.222 e. The first kappa shape index (κ1) is 14.1. The molecule has 1 spiro atoms. The first-order chi connectivity index (χ1) is 9.16. The molecule has 1 saturated heterocycles. The Kier molecular flexibility index (Phi) is 4.61. The highest BCUT2D eigenvalue weighted by molar-refractivity contribution is 5.83. The summed E-state index contributed by atoms with van der Waals surface area (Å²) in [5.74, 6) is 0.124. The van der Waals surface area contributed by atoms with Crippen molar-refractivity contribution < 1.29 is 9.59 Å². The lowest BCUT2D eigenvalue weighted by Crippen LogP contribution is -2.41. The van der Waals surface area contributed by atoms with Crippen LogP contribution in [0.5, 0.6) is 0 Å². The molecule has 0 bridgehead atoms. The van der Waals surface area contributed by atoms with E-state index >= 15 is 0 Å². The molecule has 2 rings (SSSR count). The van der Waals surface area contributed by atoms with Gasteiger partial charge in [0.05, 0.1) is 0 Å². The van der Waals surface area contributed by atoms with Gasteiger partial charge in [0, 0.05) is 25.4 Å². The monoisotopic (exact) mass is 264 g/mol. The molecule has 0 aromatic heterocycles. The van der Waals surface area contributed by atoms with E-state index in [-0.39, 0.29) is 23.3 Å². The third-order valence-electron chi connectivity index (χ3n) is 4.52. The molecule has 1 unspecified atom stereocenters. The van der Waals surface area contributed by atoms with E-state index in [1.165, 1.54) is 25.7 Å². The van der Waals surface area contributed by atoms with Crippen LogP contribution in [0.2, 0.25) is 0 Å². The van der Waals surface area contributed by atoms with Crippen molar-refractivity contribution in [1.82, 2.24) is 10.6 Å². The molecule has 1 atom stereocenters. The molecule has 1 saturated carbocycles. The van der Waals surface area contributed by atoms with Gasteiger partial charge in [-0.2, -0.15) is 0 Å². The summed E-state index contributed by atoms with van der Waals surface area (Å²) in [5, 5.41) is 5.83. The Labute approximate surface area is 115 Å². The normalized spacial score (nSPS) is 25.7. The molecule has 1 aliphatic carbocycles. The van der Waals surface area contributed by atoms with Gasteiger partial charge in [-0.1, -0.05) is 31.8 Å². The van der Waals surface area contributed by atoms with E-state index < -0.39 is 0 Å². The van der Waals surface area contributed by atoms with Crippen LogP contribution >= 0.6 is 0 Å². The summed E-state index contributed by atoms with van der Waals surface area (Å²) in [6.45, 7) is 4.08. The van der Waals surface area contributed by atoms with Crippen LogP contribution in [-0.2, 0) is 9.59 Å². The Morgan fingerprint density at radius 3 is 2.68 bits per heavy atom. The van der Waals surface area contributed by atoms with Crippen molar-refractivity contribution in [2.45, 2.75) is 57.4 Å². The molecule has 1 heterocycles. The Hall–Kier alpha value is -1.32. The van der Waals surface area contributed by atoms with Crippen LogP contribution in [0.3, 0.4) is 0 Å². The standard InChI is InChI=1S/C15H24N2O2/c1-2-9-16-13(18)10-12-15(11-14(19)17-12)7-5-3-4-6-8-15/h2,12H,1,3-11H2,(H,16,18)(H,17,19). The van der Waals surface area contributed by atoms with Crippen LogP contribution < -0.4 is 10.6 Å². The highest BCUT2D eigenvalue weighted by atomic mass is 16.2. The lowest BCUT2D eigenvalue weighted by atomic mass is 9.73. The van der Waals surface area contributed by atoms with Gasteiger partial charge in [-0.3, -0.25) is 9.59 Å². The predicted octanol–water partition coefficient (Wildman–Crippen LogP) is 1.91. The third kappa shape index (κ3) is 3.37. The SMILES string of the molecule is C=CCNC(=O)CC1NC(=O)CC12CCCCCC2. The molecule has 0 radical (unpaired) electrons. The maximum atomic E-state index is 11.9. The van der Waals surface area contributed by atoms with Crippen LogP contribution in [0.15, 0.2) is 12.7 Å². The number of amides is 2. The molecule has 4 nitrogen and oxygen atoms in total. The van der Waals surface area contributed by atoms with Gasteiger partial charge in [-0.25, -0.2) is 0 Å². The molecular weight excluding hydrogens is 240 g/mol. The molecule has 19 heavy (non-hydrogen) atoms. The summed E-state index contributed by atoms with van der Waals surface area (Å²) in [6.07, 6.45) is 9.70. The van der Waals surface area contributed by atoms with Crippen LogP contribution in [0.25, 0.3) is 0 Å². The minimum absolute atomic E-state index is 0.00993. The predicted molar refractivity (Wildman–Crippen MR) is 74.5 cm³/mol. The Balaban J connectivity index is 2.01. The maximum absolute atomic E-state index is 11.9. The van der Waals surface area contributed by atoms with Crippen molar-refractivity contribution in [3.05, 3.63) is 12.7 Å². The molecule has 0 aromatic rings. The summed E-state index contributed by atoms with van der Waals surface area (Å²) >= 11 is 0. The number of carbonyl (C=O) groups is 2. The second kappa shape index (κ2) is 6.22. The zero-order chi connectivity index (χ0) is 13.7. The van der Waals surface area contributed by atoms with Crippen LogP contribution in [-0.4, -0.2) is 24.4 Å².